The molecule has 0 saturated heterocycles. The summed E-state index contributed by atoms with van der Waals surface area (Å²) in [7, 11) is 0. The van der Waals surface area contributed by atoms with Gasteiger partial charge in [0.15, 0.2) is 0 Å². The molecule has 16 heavy (non-hydrogen) atoms. The quantitative estimate of drug-likeness (QED) is 0.645. The van der Waals surface area contributed by atoms with Crippen LogP contribution in [0.5, 0.6) is 0 Å². The molecule has 0 radical (unpaired) electrons. The van der Waals surface area contributed by atoms with E-state index in [2.05, 4.69) is 35.8 Å². The summed E-state index contributed by atoms with van der Waals surface area (Å²) in [4.78, 5) is 5.14. The number of H-pyrrole nitrogens is 1. The van der Waals surface area contributed by atoms with Crippen LogP contribution in [0.3, 0.4) is 0 Å². The van der Waals surface area contributed by atoms with Crippen molar-refractivity contribution in [2.24, 2.45) is 10.3 Å². The second-order valence-corrected chi connectivity index (χ2v) is 2.97. The average Bonchev–Trinajstić information content (AvgIpc) is 2.96. The van der Waals surface area contributed by atoms with E-state index in [1.54, 1.807) is 0 Å². The van der Waals surface area contributed by atoms with E-state index in [4.69, 9.17) is 0 Å². The van der Waals surface area contributed by atoms with E-state index >= 15 is 0 Å². The maximum absolute atomic E-state index is 3.93. The lowest BCUT2D eigenvalue weighted by Gasteiger charge is -1.89. The average molecular weight is 214 g/mol. The highest BCUT2D eigenvalue weighted by Crippen LogP contribution is 2.10. The van der Waals surface area contributed by atoms with E-state index in [-0.39, 0.29) is 0 Å². The first-order chi connectivity index (χ1) is 7.93. The molecule has 1 aromatic carbocycles. The molecule has 0 unspecified atom stereocenters. The van der Waals surface area contributed by atoms with Gasteiger partial charge in [0.05, 0.1) is 0 Å². The van der Waals surface area contributed by atoms with Crippen LogP contribution in [0.15, 0.2) is 40.9 Å². The highest BCUT2D eigenvalue weighted by atomic mass is 15.6. The van der Waals surface area contributed by atoms with Crippen LogP contribution in [0, 0.1) is 0 Å². The summed E-state index contributed by atoms with van der Waals surface area (Å²) in [5, 5.41) is 21.7. The second kappa shape index (κ2) is 3.50. The van der Waals surface area contributed by atoms with Gasteiger partial charge in [0, 0.05) is 0 Å². The fourth-order valence-corrected chi connectivity index (χ4v) is 1.25. The number of aromatic nitrogens is 6. The van der Waals surface area contributed by atoms with Crippen molar-refractivity contribution in [2.45, 2.75) is 0 Å². The molecule has 1 N–H and O–H groups in total. The normalized spacial score (nSPS) is 11.5. The topological polar surface area (TPSA) is 97.0 Å². The van der Waals surface area contributed by atoms with Crippen LogP contribution in [-0.4, -0.2) is 30.3 Å². The zero-order chi connectivity index (χ0) is 10.8. The van der Waals surface area contributed by atoms with Crippen molar-refractivity contribution in [3.8, 4) is 0 Å². The van der Waals surface area contributed by atoms with Crippen LogP contribution < -0.4 is 0 Å². The summed E-state index contributed by atoms with van der Waals surface area (Å²) in [6.07, 6.45) is 1.35. The van der Waals surface area contributed by atoms with Gasteiger partial charge in [0.25, 0.3) is 5.95 Å². The van der Waals surface area contributed by atoms with Crippen molar-refractivity contribution >= 4 is 17.0 Å². The Labute approximate surface area is 89.0 Å². The Bertz CT molecular complexity index is 622. The largest absolute Gasteiger partial charge is 0.266 e. The molecule has 0 spiro atoms. The molecule has 0 fully saturated rings. The maximum Gasteiger partial charge on any atom is 0.266 e. The first-order valence-electron chi connectivity index (χ1n) is 4.51. The SMILES string of the molecule is c1ccc2c(c1)nnn2N=Nc1ncn[nH]1. The molecule has 0 aliphatic rings. The molecule has 78 valence electrons. The number of nitrogens with zero attached hydrogens (tertiary/aromatic N) is 7. The Hall–Kier alpha value is -2.64. The summed E-state index contributed by atoms with van der Waals surface area (Å²) in [5.41, 5.74) is 1.55. The smallest absolute Gasteiger partial charge is 0.242 e. The standard InChI is InChI=1S/C8H6N8/c1-2-4-7-6(3-1)11-14-16(7)15-13-8-9-5-10-12-8/h1-5H,(H,9,10,12). The number of fused-ring (bicyclic) bond motifs is 1. The molecule has 2 heterocycles. The van der Waals surface area contributed by atoms with Gasteiger partial charge >= 0.3 is 0 Å². The molecule has 8 heteroatoms. The Morgan fingerprint density at radius 3 is 3.06 bits per heavy atom. The van der Waals surface area contributed by atoms with Crippen LogP contribution in [0.2, 0.25) is 0 Å². The number of aromatic amines is 1. The summed E-state index contributed by atoms with van der Waals surface area (Å²) in [5.74, 6) is 0.319. The third-order valence-electron chi connectivity index (χ3n) is 1.96. The number of rotatable bonds is 2. The predicted molar refractivity (Wildman–Crippen MR) is 53.8 cm³/mol. The molecular weight excluding hydrogens is 208 g/mol. The first-order valence-corrected chi connectivity index (χ1v) is 4.51. The Morgan fingerprint density at radius 1 is 1.25 bits per heavy atom. The number of hydrogen-bond acceptors (Lipinski definition) is 6. The maximum atomic E-state index is 3.93. The van der Waals surface area contributed by atoms with Gasteiger partial charge in [0.2, 0.25) is 0 Å². The van der Waals surface area contributed by atoms with Crippen LogP contribution in [0.25, 0.3) is 11.0 Å². The van der Waals surface area contributed by atoms with E-state index in [0.29, 0.717) is 5.95 Å². The lowest BCUT2D eigenvalue weighted by atomic mass is 10.3. The minimum atomic E-state index is 0.319. The predicted octanol–water partition coefficient (Wildman–Crippen LogP) is 1.10. The molecule has 2 aromatic heterocycles. The van der Waals surface area contributed by atoms with Gasteiger partial charge < -0.3 is 0 Å². The number of para-hydroxylation sites is 1. The van der Waals surface area contributed by atoms with Crippen LogP contribution in [0.4, 0.5) is 5.95 Å². The zero-order valence-corrected chi connectivity index (χ0v) is 8.02. The van der Waals surface area contributed by atoms with E-state index in [0.717, 1.165) is 11.0 Å². The van der Waals surface area contributed by atoms with Crippen molar-refractivity contribution in [1.82, 2.24) is 30.3 Å². The lowest BCUT2D eigenvalue weighted by molar-refractivity contribution is 0.670. The van der Waals surface area contributed by atoms with Gasteiger partial charge in [-0.1, -0.05) is 17.2 Å². The molecular formula is C8H6N8. The minimum absolute atomic E-state index is 0.319. The van der Waals surface area contributed by atoms with Crippen molar-refractivity contribution in [1.29, 1.82) is 0 Å². The van der Waals surface area contributed by atoms with Crippen LogP contribution in [-0.2, 0) is 0 Å². The van der Waals surface area contributed by atoms with Gasteiger partial charge in [0.1, 0.15) is 17.4 Å². The van der Waals surface area contributed by atoms with E-state index in [9.17, 15) is 0 Å². The highest BCUT2D eigenvalue weighted by molar-refractivity contribution is 5.73. The van der Waals surface area contributed by atoms with E-state index < -0.39 is 0 Å². The van der Waals surface area contributed by atoms with Crippen molar-refractivity contribution < 1.29 is 0 Å². The van der Waals surface area contributed by atoms with Gasteiger partial charge in [-0.15, -0.1) is 9.89 Å². The van der Waals surface area contributed by atoms with Gasteiger partial charge in [-0.3, -0.25) is 0 Å². The Balaban J connectivity index is 2.01. The minimum Gasteiger partial charge on any atom is -0.242 e. The summed E-state index contributed by atoms with van der Waals surface area (Å²) >= 11 is 0. The molecule has 0 atom stereocenters. The molecule has 3 rings (SSSR count). The molecule has 0 bridgehead atoms. The number of benzene rings is 1. The molecule has 0 saturated carbocycles. The van der Waals surface area contributed by atoms with E-state index in [1.807, 2.05) is 24.3 Å². The van der Waals surface area contributed by atoms with Gasteiger partial charge in [-0.05, 0) is 22.6 Å². The van der Waals surface area contributed by atoms with Crippen LogP contribution >= 0.6 is 0 Å². The Morgan fingerprint density at radius 2 is 2.19 bits per heavy atom. The molecule has 8 nitrogen and oxygen atoms in total. The van der Waals surface area contributed by atoms with Crippen molar-refractivity contribution in [2.75, 3.05) is 0 Å². The van der Waals surface area contributed by atoms with E-state index in [1.165, 1.54) is 11.1 Å². The lowest BCUT2D eigenvalue weighted by Crippen LogP contribution is -1.89. The fraction of sp³-hybridized carbons (Fsp3) is 0. The second-order valence-electron chi connectivity index (χ2n) is 2.97. The molecule has 0 amide bonds. The molecule has 0 aliphatic heterocycles. The van der Waals surface area contributed by atoms with Crippen molar-refractivity contribution in [3.05, 3.63) is 30.6 Å². The fourth-order valence-electron chi connectivity index (χ4n) is 1.25. The summed E-state index contributed by atoms with van der Waals surface area (Å²) in [6, 6.07) is 7.47. The third-order valence-corrected chi connectivity index (χ3v) is 1.96. The Kier molecular flexibility index (Phi) is 1.89. The summed E-state index contributed by atoms with van der Waals surface area (Å²) < 4.78 is 0. The number of nitrogens with one attached hydrogen (secondary N) is 1. The summed E-state index contributed by atoms with van der Waals surface area (Å²) in [6.45, 7) is 0. The van der Waals surface area contributed by atoms with Crippen LogP contribution in [0.1, 0.15) is 0 Å². The first kappa shape index (κ1) is 8.65. The zero-order valence-electron chi connectivity index (χ0n) is 8.02. The third kappa shape index (κ3) is 1.41. The van der Waals surface area contributed by atoms with Crippen molar-refractivity contribution in [3.63, 3.8) is 0 Å². The van der Waals surface area contributed by atoms with Gasteiger partial charge in [-0.25, -0.2) is 5.10 Å². The number of hydrogen-bond donors (Lipinski definition) is 1. The molecule has 3 aromatic rings. The monoisotopic (exact) mass is 214 g/mol. The van der Waals surface area contributed by atoms with Gasteiger partial charge in [-0.2, -0.15) is 10.1 Å². The molecule has 0 aliphatic carbocycles. The highest BCUT2D eigenvalue weighted by Gasteiger charge is 2.01.